The number of esters is 1. The summed E-state index contributed by atoms with van der Waals surface area (Å²) in [5.41, 5.74) is 2.63. The van der Waals surface area contributed by atoms with E-state index in [0.717, 1.165) is 58.1 Å². The molecule has 2 fully saturated rings. The molecule has 0 bridgehead atoms. The Balaban J connectivity index is 0.00000341. The molecule has 2 unspecified atom stereocenters. The molecule has 8 heteroatoms. The van der Waals surface area contributed by atoms with Crippen LogP contribution in [0.4, 0.5) is 0 Å². The van der Waals surface area contributed by atoms with E-state index in [2.05, 4.69) is 58.2 Å². The first kappa shape index (κ1) is 25.9. The van der Waals surface area contributed by atoms with Crippen LogP contribution in [0.3, 0.4) is 0 Å². The Bertz CT molecular complexity index is 727. The van der Waals surface area contributed by atoms with Crippen LogP contribution in [0.2, 0.25) is 0 Å². The van der Waals surface area contributed by atoms with E-state index in [9.17, 15) is 4.79 Å². The molecular formula is C23H37IN4O3. The normalized spacial score (nSPS) is 23.2. The van der Waals surface area contributed by atoms with Gasteiger partial charge in [0.05, 0.1) is 25.2 Å². The number of nitrogens with one attached hydrogen (secondary N) is 1. The Morgan fingerprint density at radius 2 is 1.77 bits per heavy atom. The fourth-order valence-electron chi connectivity index (χ4n) is 4.54. The summed E-state index contributed by atoms with van der Waals surface area (Å²) in [6, 6.07) is 8.60. The molecule has 2 saturated heterocycles. The number of aliphatic imine (C=N–C) groups is 1. The summed E-state index contributed by atoms with van der Waals surface area (Å²) in [6.07, 6.45) is 2.14. The van der Waals surface area contributed by atoms with Crippen LogP contribution >= 0.6 is 24.0 Å². The molecule has 1 aromatic rings. The van der Waals surface area contributed by atoms with Gasteiger partial charge in [-0.05, 0) is 37.8 Å². The highest BCUT2D eigenvalue weighted by Crippen LogP contribution is 2.19. The summed E-state index contributed by atoms with van der Waals surface area (Å²) in [4.78, 5) is 20.9. The van der Waals surface area contributed by atoms with E-state index < -0.39 is 0 Å². The van der Waals surface area contributed by atoms with Gasteiger partial charge < -0.3 is 19.7 Å². The predicted octanol–water partition coefficient (Wildman–Crippen LogP) is 2.87. The summed E-state index contributed by atoms with van der Waals surface area (Å²) in [6.45, 7) is 9.49. The summed E-state index contributed by atoms with van der Waals surface area (Å²) < 4.78 is 10.8. The number of nitrogens with zero attached hydrogens (tertiary/aromatic N) is 3. The fraction of sp³-hybridized carbons (Fsp3) is 0.652. The van der Waals surface area contributed by atoms with Gasteiger partial charge in [-0.1, -0.05) is 24.3 Å². The lowest BCUT2D eigenvalue weighted by atomic mass is 9.97. The number of morpholine rings is 1. The summed E-state index contributed by atoms with van der Waals surface area (Å²) in [5.74, 6) is 0.795. The van der Waals surface area contributed by atoms with Crippen LogP contribution in [0, 0.1) is 5.92 Å². The van der Waals surface area contributed by atoms with E-state index in [1.54, 1.807) is 0 Å². The maximum Gasteiger partial charge on any atom is 0.308 e. The number of rotatable bonds is 5. The quantitative estimate of drug-likeness (QED) is 0.266. The van der Waals surface area contributed by atoms with E-state index in [1.165, 1.54) is 18.2 Å². The smallest absolute Gasteiger partial charge is 0.308 e. The average Bonchev–Trinajstić information content (AvgIpc) is 2.74. The van der Waals surface area contributed by atoms with Crippen molar-refractivity contribution in [3.05, 3.63) is 35.4 Å². The number of carbonyl (C=O) groups is 1. The highest BCUT2D eigenvalue weighted by atomic mass is 127. The van der Waals surface area contributed by atoms with Crippen LogP contribution in [0.25, 0.3) is 0 Å². The third-order valence-electron chi connectivity index (χ3n) is 5.99. The molecule has 2 aliphatic rings. The molecule has 0 saturated carbocycles. The van der Waals surface area contributed by atoms with Gasteiger partial charge in [-0.2, -0.15) is 0 Å². The molecule has 2 atom stereocenters. The SMILES string of the molecule is CN=C(NCc1ccccc1CN1CC(C)OC(C)C1)N1CCC(C(=O)OC)CC1.I. The first-order chi connectivity index (χ1) is 14.5. The molecule has 0 amide bonds. The Kier molecular flexibility index (Phi) is 10.5. The van der Waals surface area contributed by atoms with Gasteiger partial charge in [0.1, 0.15) is 0 Å². The minimum Gasteiger partial charge on any atom is -0.469 e. The number of guanidine groups is 1. The van der Waals surface area contributed by atoms with Gasteiger partial charge in [-0.15, -0.1) is 24.0 Å². The summed E-state index contributed by atoms with van der Waals surface area (Å²) >= 11 is 0. The predicted molar refractivity (Wildman–Crippen MR) is 134 cm³/mol. The first-order valence-corrected chi connectivity index (χ1v) is 11.0. The minimum atomic E-state index is -0.0988. The molecule has 174 valence electrons. The van der Waals surface area contributed by atoms with Crippen molar-refractivity contribution in [2.24, 2.45) is 10.9 Å². The van der Waals surface area contributed by atoms with Crippen LogP contribution in [0.5, 0.6) is 0 Å². The average molecular weight is 544 g/mol. The fourth-order valence-corrected chi connectivity index (χ4v) is 4.54. The Morgan fingerprint density at radius 3 is 2.35 bits per heavy atom. The molecular weight excluding hydrogens is 507 g/mol. The van der Waals surface area contributed by atoms with E-state index in [0.29, 0.717) is 0 Å². The molecule has 3 rings (SSSR count). The number of ether oxygens (including phenoxy) is 2. The van der Waals surface area contributed by atoms with Gasteiger partial charge >= 0.3 is 5.97 Å². The van der Waals surface area contributed by atoms with Crippen LogP contribution < -0.4 is 5.32 Å². The molecule has 1 N–H and O–H groups in total. The van der Waals surface area contributed by atoms with Crippen molar-refractivity contribution in [1.82, 2.24) is 15.1 Å². The van der Waals surface area contributed by atoms with E-state index in [-0.39, 0.29) is 48.1 Å². The molecule has 7 nitrogen and oxygen atoms in total. The Labute approximate surface area is 203 Å². The molecule has 2 aliphatic heterocycles. The number of hydrogen-bond donors (Lipinski definition) is 1. The monoisotopic (exact) mass is 544 g/mol. The van der Waals surface area contributed by atoms with Crippen molar-refractivity contribution in [2.75, 3.05) is 40.3 Å². The molecule has 0 aromatic heterocycles. The number of carbonyl (C=O) groups excluding carboxylic acids is 1. The minimum absolute atomic E-state index is 0. The third kappa shape index (κ3) is 7.32. The second kappa shape index (κ2) is 12.6. The van der Waals surface area contributed by atoms with E-state index in [4.69, 9.17) is 9.47 Å². The standard InChI is InChI=1S/C23H36N4O3.HI/c1-17-14-26(15-18(2)30-17)16-21-8-6-5-7-20(21)13-25-23(24-3)27-11-9-19(10-12-27)22(28)29-4;/h5-8,17-19H,9-16H2,1-4H3,(H,24,25);1H. The van der Waals surface area contributed by atoms with Gasteiger partial charge in [0.25, 0.3) is 0 Å². The third-order valence-corrected chi connectivity index (χ3v) is 5.99. The zero-order chi connectivity index (χ0) is 21.5. The molecule has 2 heterocycles. The van der Waals surface area contributed by atoms with Crippen molar-refractivity contribution < 1.29 is 14.3 Å². The lowest BCUT2D eigenvalue weighted by molar-refractivity contribution is -0.146. The second-order valence-corrected chi connectivity index (χ2v) is 8.41. The molecule has 1 aromatic carbocycles. The van der Waals surface area contributed by atoms with Gasteiger partial charge in [0.15, 0.2) is 5.96 Å². The molecule has 31 heavy (non-hydrogen) atoms. The van der Waals surface area contributed by atoms with Crippen molar-refractivity contribution >= 4 is 35.9 Å². The Hall–Kier alpha value is -1.39. The topological polar surface area (TPSA) is 66.4 Å². The zero-order valence-corrected chi connectivity index (χ0v) is 21.5. The van der Waals surface area contributed by atoms with E-state index in [1.807, 2.05) is 7.05 Å². The second-order valence-electron chi connectivity index (χ2n) is 8.41. The van der Waals surface area contributed by atoms with Crippen LogP contribution in [-0.2, 0) is 27.4 Å². The van der Waals surface area contributed by atoms with Crippen LogP contribution in [-0.4, -0.2) is 74.3 Å². The van der Waals surface area contributed by atoms with Crippen molar-refractivity contribution in [2.45, 2.75) is 52.0 Å². The van der Waals surface area contributed by atoms with Crippen molar-refractivity contribution in [3.8, 4) is 0 Å². The summed E-state index contributed by atoms with van der Waals surface area (Å²) in [5, 5.41) is 3.53. The molecule has 0 radical (unpaired) electrons. The Morgan fingerprint density at radius 1 is 1.16 bits per heavy atom. The maximum atomic E-state index is 11.8. The van der Waals surface area contributed by atoms with Crippen LogP contribution in [0.15, 0.2) is 29.3 Å². The number of benzene rings is 1. The van der Waals surface area contributed by atoms with E-state index >= 15 is 0 Å². The lowest BCUT2D eigenvalue weighted by Crippen LogP contribution is -2.46. The number of hydrogen-bond acceptors (Lipinski definition) is 5. The number of methoxy groups -OCH3 is 1. The van der Waals surface area contributed by atoms with Gasteiger partial charge in [-0.3, -0.25) is 14.7 Å². The van der Waals surface area contributed by atoms with Gasteiger partial charge in [-0.25, -0.2) is 0 Å². The highest BCUT2D eigenvalue weighted by molar-refractivity contribution is 14.0. The largest absolute Gasteiger partial charge is 0.469 e. The number of halogens is 1. The highest BCUT2D eigenvalue weighted by Gasteiger charge is 2.27. The first-order valence-electron chi connectivity index (χ1n) is 11.0. The van der Waals surface area contributed by atoms with Crippen molar-refractivity contribution in [1.29, 1.82) is 0 Å². The van der Waals surface area contributed by atoms with Crippen LogP contribution in [0.1, 0.15) is 37.8 Å². The lowest BCUT2D eigenvalue weighted by Gasteiger charge is -2.35. The van der Waals surface area contributed by atoms with Gasteiger partial charge in [0.2, 0.25) is 0 Å². The molecule has 0 aliphatic carbocycles. The number of likely N-dealkylation sites (tertiary alicyclic amines) is 1. The molecule has 0 spiro atoms. The maximum absolute atomic E-state index is 11.8. The van der Waals surface area contributed by atoms with Gasteiger partial charge in [0, 0.05) is 46.3 Å². The van der Waals surface area contributed by atoms with Crippen molar-refractivity contribution in [3.63, 3.8) is 0 Å². The zero-order valence-electron chi connectivity index (χ0n) is 19.2. The number of piperidine rings is 1. The summed E-state index contributed by atoms with van der Waals surface area (Å²) in [7, 11) is 3.28.